The number of carbonyl (C=O) groups is 3. The van der Waals surface area contributed by atoms with Gasteiger partial charge in [0, 0.05) is 24.9 Å². The topological polar surface area (TPSA) is 75.7 Å². The van der Waals surface area contributed by atoms with Gasteiger partial charge in [-0.25, -0.2) is 0 Å². The van der Waals surface area contributed by atoms with Crippen LogP contribution in [-0.4, -0.2) is 35.8 Å². The summed E-state index contributed by atoms with van der Waals surface area (Å²) in [7, 11) is 0. The molecule has 0 unspecified atom stereocenters. The van der Waals surface area contributed by atoms with Gasteiger partial charge >= 0.3 is 0 Å². The number of hydrogen-bond donors (Lipinski definition) is 1. The summed E-state index contributed by atoms with van der Waals surface area (Å²) in [4.78, 5) is 38.7. The normalized spacial score (nSPS) is 27.5. The Bertz CT molecular complexity index is 708. The quantitative estimate of drug-likeness (QED) is 0.839. The molecule has 2 heterocycles. The van der Waals surface area contributed by atoms with Gasteiger partial charge in [0.25, 0.3) is 0 Å². The number of rotatable bonds is 4. The highest BCUT2D eigenvalue weighted by molar-refractivity contribution is 6.05. The van der Waals surface area contributed by atoms with Gasteiger partial charge < -0.3 is 10.1 Å². The second-order valence-electron chi connectivity index (χ2n) is 7.37. The number of amides is 3. The molecule has 1 aromatic rings. The fourth-order valence-corrected chi connectivity index (χ4v) is 4.42. The molecule has 0 bridgehead atoms. The first kappa shape index (κ1) is 17.1. The van der Waals surface area contributed by atoms with Crippen molar-refractivity contribution in [2.24, 2.45) is 11.8 Å². The summed E-state index contributed by atoms with van der Waals surface area (Å²) in [6, 6.07) is 7.61. The van der Waals surface area contributed by atoms with Crippen LogP contribution in [0.1, 0.15) is 50.1 Å². The van der Waals surface area contributed by atoms with Crippen LogP contribution in [0.3, 0.4) is 0 Å². The summed E-state index contributed by atoms with van der Waals surface area (Å²) in [5.41, 5.74) is 0.978. The second kappa shape index (κ2) is 7.09. The highest BCUT2D eigenvalue weighted by atomic mass is 16.5. The maximum absolute atomic E-state index is 12.5. The van der Waals surface area contributed by atoms with E-state index in [0.717, 1.165) is 37.0 Å². The number of imide groups is 1. The van der Waals surface area contributed by atoms with E-state index in [9.17, 15) is 14.4 Å². The molecule has 1 saturated carbocycles. The van der Waals surface area contributed by atoms with E-state index in [2.05, 4.69) is 5.32 Å². The highest BCUT2D eigenvalue weighted by Crippen LogP contribution is 2.38. The third-order valence-electron chi connectivity index (χ3n) is 5.79. The Labute approximate surface area is 152 Å². The maximum atomic E-state index is 12.5. The molecule has 0 aromatic heterocycles. The Balaban J connectivity index is 1.35. The minimum absolute atomic E-state index is 0.0797. The lowest BCUT2D eigenvalue weighted by molar-refractivity contribution is -0.140. The van der Waals surface area contributed by atoms with Gasteiger partial charge in [-0.3, -0.25) is 19.3 Å². The molecule has 4 rings (SSSR count). The summed E-state index contributed by atoms with van der Waals surface area (Å²) in [6.07, 6.45) is 4.49. The highest BCUT2D eigenvalue weighted by Gasteiger charge is 2.47. The van der Waals surface area contributed by atoms with Crippen molar-refractivity contribution >= 4 is 17.7 Å². The van der Waals surface area contributed by atoms with Gasteiger partial charge in [0.2, 0.25) is 17.7 Å². The average Bonchev–Trinajstić information content (AvgIpc) is 2.91. The first-order valence-electron chi connectivity index (χ1n) is 9.51. The Kier molecular flexibility index (Phi) is 4.66. The van der Waals surface area contributed by atoms with E-state index in [0.29, 0.717) is 13.0 Å². The van der Waals surface area contributed by atoms with E-state index in [1.807, 2.05) is 24.3 Å². The number of nitrogens with one attached hydrogen (secondary N) is 1. The van der Waals surface area contributed by atoms with Gasteiger partial charge in [0.1, 0.15) is 5.75 Å². The van der Waals surface area contributed by atoms with Crippen molar-refractivity contribution in [1.82, 2.24) is 10.2 Å². The van der Waals surface area contributed by atoms with Crippen LogP contribution in [0.15, 0.2) is 24.3 Å². The Morgan fingerprint density at radius 1 is 1.08 bits per heavy atom. The van der Waals surface area contributed by atoms with Crippen molar-refractivity contribution in [2.45, 2.75) is 44.6 Å². The zero-order valence-corrected chi connectivity index (χ0v) is 14.8. The largest absolute Gasteiger partial charge is 0.493 e. The van der Waals surface area contributed by atoms with Crippen LogP contribution in [0.5, 0.6) is 5.75 Å². The lowest BCUT2D eigenvalue weighted by atomic mass is 9.81. The molecule has 2 fully saturated rings. The molecule has 1 aromatic carbocycles. The fourth-order valence-electron chi connectivity index (χ4n) is 4.42. The minimum atomic E-state index is -0.151. The van der Waals surface area contributed by atoms with Gasteiger partial charge in [-0.15, -0.1) is 0 Å². The van der Waals surface area contributed by atoms with Crippen LogP contribution in [0.2, 0.25) is 0 Å². The van der Waals surface area contributed by atoms with Crippen LogP contribution in [-0.2, 0) is 14.4 Å². The SMILES string of the molecule is O=C(CCN1C(=O)[C@H]2CCCC[C@@H]2C1=O)N[C@@H]1CCOc2ccccc21. The number of carbonyl (C=O) groups excluding carboxylic acids is 3. The summed E-state index contributed by atoms with van der Waals surface area (Å²) >= 11 is 0. The van der Waals surface area contributed by atoms with Crippen molar-refractivity contribution in [2.75, 3.05) is 13.2 Å². The van der Waals surface area contributed by atoms with Crippen molar-refractivity contribution in [3.63, 3.8) is 0 Å². The lowest BCUT2D eigenvalue weighted by Gasteiger charge is -2.26. The number of ether oxygens (including phenoxy) is 1. The van der Waals surface area contributed by atoms with Crippen LogP contribution < -0.4 is 10.1 Å². The molecule has 1 saturated heterocycles. The van der Waals surface area contributed by atoms with E-state index in [4.69, 9.17) is 4.74 Å². The number of nitrogens with zero attached hydrogens (tertiary/aromatic N) is 1. The molecule has 6 nitrogen and oxygen atoms in total. The van der Waals surface area contributed by atoms with E-state index in [1.54, 1.807) is 0 Å². The molecule has 3 amide bonds. The molecular weight excluding hydrogens is 332 g/mol. The Hall–Kier alpha value is -2.37. The Morgan fingerprint density at radius 2 is 1.77 bits per heavy atom. The van der Waals surface area contributed by atoms with E-state index < -0.39 is 0 Å². The molecule has 0 spiro atoms. The first-order valence-corrected chi connectivity index (χ1v) is 9.51. The molecule has 1 N–H and O–H groups in total. The molecule has 2 aliphatic heterocycles. The monoisotopic (exact) mass is 356 g/mol. The van der Waals surface area contributed by atoms with Crippen LogP contribution in [0, 0.1) is 11.8 Å². The molecule has 0 radical (unpaired) electrons. The summed E-state index contributed by atoms with van der Waals surface area (Å²) in [5.74, 6) is 0.205. The van der Waals surface area contributed by atoms with Crippen LogP contribution in [0.4, 0.5) is 0 Å². The number of para-hydroxylation sites is 1. The number of fused-ring (bicyclic) bond motifs is 2. The summed E-state index contributed by atoms with van der Waals surface area (Å²) < 4.78 is 5.61. The fraction of sp³-hybridized carbons (Fsp3) is 0.550. The van der Waals surface area contributed by atoms with Gasteiger partial charge in [0.15, 0.2) is 0 Å². The standard InChI is InChI=1S/C20H24N2O4/c23-18(21-16-10-12-26-17-8-4-3-7-15(16)17)9-11-22-19(24)13-5-1-2-6-14(13)20(22)25/h3-4,7-8,13-14,16H,1-2,5-6,9-12H2,(H,21,23)/t13-,14-,16+/m0/s1. The van der Waals surface area contributed by atoms with E-state index in [1.165, 1.54) is 4.90 Å². The zero-order valence-electron chi connectivity index (χ0n) is 14.8. The number of benzene rings is 1. The van der Waals surface area contributed by atoms with E-state index in [-0.39, 0.29) is 48.6 Å². The van der Waals surface area contributed by atoms with E-state index >= 15 is 0 Å². The molecule has 6 heteroatoms. The molecule has 138 valence electrons. The Morgan fingerprint density at radius 3 is 2.50 bits per heavy atom. The third kappa shape index (κ3) is 3.08. The number of hydrogen-bond acceptors (Lipinski definition) is 4. The molecule has 3 atom stereocenters. The predicted molar refractivity (Wildman–Crippen MR) is 94.2 cm³/mol. The molecule has 26 heavy (non-hydrogen) atoms. The van der Waals surface area contributed by atoms with Gasteiger partial charge in [-0.2, -0.15) is 0 Å². The summed E-state index contributed by atoms with van der Waals surface area (Å²) in [6.45, 7) is 0.746. The second-order valence-corrected chi connectivity index (χ2v) is 7.37. The van der Waals surface area contributed by atoms with Crippen molar-refractivity contribution in [3.8, 4) is 5.75 Å². The molecule has 3 aliphatic rings. The molecule has 1 aliphatic carbocycles. The third-order valence-corrected chi connectivity index (χ3v) is 5.79. The predicted octanol–water partition coefficient (Wildman–Crippen LogP) is 2.19. The maximum Gasteiger partial charge on any atom is 0.233 e. The lowest BCUT2D eigenvalue weighted by Crippen LogP contribution is -2.37. The first-order chi connectivity index (χ1) is 12.6. The summed E-state index contributed by atoms with van der Waals surface area (Å²) in [5, 5.41) is 3.02. The zero-order chi connectivity index (χ0) is 18.1. The van der Waals surface area contributed by atoms with Crippen LogP contribution >= 0.6 is 0 Å². The van der Waals surface area contributed by atoms with Gasteiger partial charge in [0.05, 0.1) is 24.5 Å². The van der Waals surface area contributed by atoms with Gasteiger partial charge in [-0.1, -0.05) is 31.0 Å². The van der Waals surface area contributed by atoms with Crippen molar-refractivity contribution < 1.29 is 19.1 Å². The smallest absolute Gasteiger partial charge is 0.233 e. The van der Waals surface area contributed by atoms with Crippen molar-refractivity contribution in [1.29, 1.82) is 0 Å². The van der Waals surface area contributed by atoms with Crippen molar-refractivity contribution in [3.05, 3.63) is 29.8 Å². The average molecular weight is 356 g/mol. The van der Waals surface area contributed by atoms with Gasteiger partial charge in [-0.05, 0) is 18.9 Å². The molecular formula is C20H24N2O4. The minimum Gasteiger partial charge on any atom is -0.493 e. The van der Waals surface area contributed by atoms with Crippen LogP contribution in [0.25, 0.3) is 0 Å². The number of likely N-dealkylation sites (tertiary alicyclic amines) is 1.